The van der Waals surface area contributed by atoms with E-state index in [0.717, 1.165) is 0 Å². The van der Waals surface area contributed by atoms with E-state index in [1.54, 1.807) is 18.3 Å². The van der Waals surface area contributed by atoms with Crippen molar-refractivity contribution >= 4 is 17.9 Å². The summed E-state index contributed by atoms with van der Waals surface area (Å²) in [5.41, 5.74) is 0.439. The van der Waals surface area contributed by atoms with Crippen LogP contribution in [0, 0.1) is 0 Å². The van der Waals surface area contributed by atoms with E-state index in [-0.39, 0.29) is 5.28 Å². The van der Waals surface area contributed by atoms with Gasteiger partial charge in [-0.15, -0.1) is 5.10 Å². The molecule has 0 atom stereocenters. The van der Waals surface area contributed by atoms with Gasteiger partial charge in [0.15, 0.2) is 12.1 Å². The summed E-state index contributed by atoms with van der Waals surface area (Å²) in [5.74, 6) is 0.418. The lowest BCUT2D eigenvalue weighted by Gasteiger charge is -2.00. The summed E-state index contributed by atoms with van der Waals surface area (Å²) >= 11 is 5.55. The predicted molar refractivity (Wildman–Crippen MR) is 49.6 cm³/mol. The van der Waals surface area contributed by atoms with E-state index in [4.69, 9.17) is 11.6 Å². The molecule has 5 nitrogen and oxygen atoms in total. The van der Waals surface area contributed by atoms with Crippen molar-refractivity contribution in [3.63, 3.8) is 0 Å². The summed E-state index contributed by atoms with van der Waals surface area (Å²) in [6.45, 7) is 0. The molecule has 0 saturated carbocycles. The SMILES string of the molecule is O=Cc1cccnc1-n1cnc(Cl)n1. The number of rotatable bonds is 2. The van der Waals surface area contributed by atoms with Gasteiger partial charge in [0.2, 0.25) is 5.28 Å². The van der Waals surface area contributed by atoms with Gasteiger partial charge in [0, 0.05) is 6.20 Å². The van der Waals surface area contributed by atoms with Crippen LogP contribution in [0.3, 0.4) is 0 Å². The highest BCUT2D eigenvalue weighted by atomic mass is 35.5. The summed E-state index contributed by atoms with van der Waals surface area (Å²) in [6.07, 6.45) is 3.67. The van der Waals surface area contributed by atoms with Crippen LogP contribution in [-0.2, 0) is 0 Å². The lowest BCUT2D eigenvalue weighted by molar-refractivity contribution is 0.112. The first-order valence-corrected chi connectivity index (χ1v) is 4.17. The minimum absolute atomic E-state index is 0.118. The van der Waals surface area contributed by atoms with Crippen LogP contribution < -0.4 is 0 Å². The van der Waals surface area contributed by atoms with E-state index in [1.807, 2.05) is 0 Å². The molecule has 2 aromatic rings. The fourth-order valence-corrected chi connectivity index (χ4v) is 1.16. The summed E-state index contributed by atoms with van der Waals surface area (Å²) in [7, 11) is 0. The van der Waals surface area contributed by atoms with Crippen LogP contribution in [0.4, 0.5) is 0 Å². The zero-order valence-corrected chi connectivity index (χ0v) is 7.72. The Morgan fingerprint density at radius 3 is 2.93 bits per heavy atom. The highest BCUT2D eigenvalue weighted by molar-refractivity contribution is 6.28. The van der Waals surface area contributed by atoms with Gasteiger partial charge >= 0.3 is 0 Å². The third kappa shape index (κ3) is 1.49. The average molecular weight is 209 g/mol. The topological polar surface area (TPSA) is 60.7 Å². The Bertz CT molecular complexity index is 468. The van der Waals surface area contributed by atoms with Gasteiger partial charge in [0.1, 0.15) is 6.33 Å². The first kappa shape index (κ1) is 8.83. The Kier molecular flexibility index (Phi) is 2.24. The van der Waals surface area contributed by atoms with Gasteiger partial charge in [-0.1, -0.05) is 0 Å². The van der Waals surface area contributed by atoms with Crippen LogP contribution in [0.25, 0.3) is 5.82 Å². The van der Waals surface area contributed by atoms with Crippen LogP contribution in [-0.4, -0.2) is 26.0 Å². The highest BCUT2D eigenvalue weighted by Crippen LogP contribution is 2.08. The first-order valence-electron chi connectivity index (χ1n) is 3.79. The summed E-state index contributed by atoms with van der Waals surface area (Å²) in [6, 6.07) is 3.32. The molecule has 0 spiro atoms. The van der Waals surface area contributed by atoms with Crippen LogP contribution >= 0.6 is 11.6 Å². The van der Waals surface area contributed by atoms with Crippen molar-refractivity contribution in [1.82, 2.24) is 19.7 Å². The molecule has 0 bridgehead atoms. The van der Waals surface area contributed by atoms with Crippen molar-refractivity contribution in [2.45, 2.75) is 0 Å². The molecule has 70 valence electrons. The lowest BCUT2D eigenvalue weighted by Crippen LogP contribution is -2.02. The minimum Gasteiger partial charge on any atom is -0.298 e. The summed E-state index contributed by atoms with van der Waals surface area (Å²) in [5, 5.41) is 3.96. The molecule has 0 amide bonds. The molecule has 0 aliphatic rings. The third-order valence-corrected chi connectivity index (χ3v) is 1.80. The number of carbonyl (C=O) groups is 1. The number of carbonyl (C=O) groups excluding carboxylic acids is 1. The van der Waals surface area contributed by atoms with Gasteiger partial charge < -0.3 is 0 Å². The molecular formula is C8H5ClN4O. The monoisotopic (exact) mass is 208 g/mol. The van der Waals surface area contributed by atoms with E-state index in [2.05, 4.69) is 15.1 Å². The van der Waals surface area contributed by atoms with E-state index in [0.29, 0.717) is 17.7 Å². The number of pyridine rings is 1. The van der Waals surface area contributed by atoms with Crippen molar-refractivity contribution in [3.05, 3.63) is 35.5 Å². The van der Waals surface area contributed by atoms with Gasteiger partial charge in [-0.25, -0.2) is 14.6 Å². The van der Waals surface area contributed by atoms with Crippen molar-refractivity contribution in [2.24, 2.45) is 0 Å². The van der Waals surface area contributed by atoms with E-state index >= 15 is 0 Å². The average Bonchev–Trinajstić information content (AvgIpc) is 2.65. The van der Waals surface area contributed by atoms with E-state index < -0.39 is 0 Å². The standard InChI is InChI=1S/C8H5ClN4O/c9-8-11-5-13(12-8)7-6(4-14)2-1-3-10-7/h1-5H. The maximum atomic E-state index is 10.7. The third-order valence-electron chi connectivity index (χ3n) is 1.62. The number of hydrogen-bond acceptors (Lipinski definition) is 4. The van der Waals surface area contributed by atoms with Gasteiger partial charge in [-0.05, 0) is 23.7 Å². The van der Waals surface area contributed by atoms with Crippen LogP contribution in [0.1, 0.15) is 10.4 Å². The maximum Gasteiger partial charge on any atom is 0.242 e. The van der Waals surface area contributed by atoms with Crippen molar-refractivity contribution < 1.29 is 4.79 Å². The van der Waals surface area contributed by atoms with Gasteiger partial charge in [-0.3, -0.25) is 4.79 Å². The molecule has 0 aliphatic carbocycles. The Hall–Kier alpha value is -1.75. The summed E-state index contributed by atoms with van der Waals surface area (Å²) in [4.78, 5) is 18.4. The number of hydrogen-bond donors (Lipinski definition) is 0. The zero-order valence-electron chi connectivity index (χ0n) is 6.96. The molecule has 0 radical (unpaired) electrons. The maximum absolute atomic E-state index is 10.7. The molecule has 0 aliphatic heterocycles. The van der Waals surface area contributed by atoms with E-state index in [9.17, 15) is 4.79 Å². The molecule has 2 aromatic heterocycles. The molecule has 0 unspecified atom stereocenters. The number of nitrogens with zero attached hydrogens (tertiary/aromatic N) is 4. The van der Waals surface area contributed by atoms with Crippen LogP contribution in [0.2, 0.25) is 5.28 Å². The van der Waals surface area contributed by atoms with Crippen LogP contribution in [0.5, 0.6) is 0 Å². The number of halogens is 1. The fourth-order valence-electron chi connectivity index (χ4n) is 1.04. The second-order valence-electron chi connectivity index (χ2n) is 2.49. The Morgan fingerprint density at radius 1 is 1.43 bits per heavy atom. The molecule has 6 heteroatoms. The van der Waals surface area contributed by atoms with Crippen molar-refractivity contribution in [2.75, 3.05) is 0 Å². The molecule has 0 aromatic carbocycles. The van der Waals surface area contributed by atoms with Crippen LogP contribution in [0.15, 0.2) is 24.7 Å². The molecule has 0 fully saturated rings. The first-order chi connectivity index (χ1) is 6.81. The van der Waals surface area contributed by atoms with Gasteiger partial charge in [-0.2, -0.15) is 0 Å². The molecule has 0 saturated heterocycles. The molecule has 0 N–H and O–H groups in total. The normalized spacial score (nSPS) is 10.1. The largest absolute Gasteiger partial charge is 0.298 e. The zero-order chi connectivity index (χ0) is 9.97. The second-order valence-corrected chi connectivity index (χ2v) is 2.83. The number of aromatic nitrogens is 4. The molecular weight excluding hydrogens is 204 g/mol. The van der Waals surface area contributed by atoms with E-state index in [1.165, 1.54) is 11.0 Å². The Morgan fingerprint density at radius 2 is 2.29 bits per heavy atom. The molecule has 2 heterocycles. The quantitative estimate of drug-likeness (QED) is 0.694. The van der Waals surface area contributed by atoms with Gasteiger partial charge in [0.05, 0.1) is 5.56 Å². The molecule has 2 rings (SSSR count). The smallest absolute Gasteiger partial charge is 0.242 e. The number of aldehydes is 1. The van der Waals surface area contributed by atoms with Gasteiger partial charge in [0.25, 0.3) is 0 Å². The predicted octanol–water partition coefficient (Wildman–Crippen LogP) is 1.13. The highest BCUT2D eigenvalue weighted by Gasteiger charge is 2.06. The lowest BCUT2D eigenvalue weighted by atomic mass is 10.3. The van der Waals surface area contributed by atoms with Crippen molar-refractivity contribution in [3.8, 4) is 5.82 Å². The molecule has 14 heavy (non-hydrogen) atoms. The minimum atomic E-state index is 0.118. The fraction of sp³-hybridized carbons (Fsp3) is 0. The Labute approximate surface area is 84.4 Å². The Balaban J connectivity index is 2.55. The second kappa shape index (κ2) is 3.55. The van der Waals surface area contributed by atoms with Crippen molar-refractivity contribution in [1.29, 1.82) is 0 Å². The summed E-state index contributed by atoms with van der Waals surface area (Å²) < 4.78 is 1.35.